The molecule has 1 heterocycles. The summed E-state index contributed by atoms with van der Waals surface area (Å²) in [5.41, 5.74) is 0. The van der Waals surface area contributed by atoms with E-state index in [4.69, 9.17) is 0 Å². The molecule has 0 saturated carbocycles. The molecule has 0 spiro atoms. The van der Waals surface area contributed by atoms with Gasteiger partial charge in [0.2, 0.25) is 0 Å². The van der Waals surface area contributed by atoms with Gasteiger partial charge in [-0.05, 0) is 40.9 Å². The van der Waals surface area contributed by atoms with Crippen LogP contribution in [-0.4, -0.2) is 5.78 Å². The molecule has 84 valence electrons. The van der Waals surface area contributed by atoms with Crippen LogP contribution in [0.2, 0.25) is 0 Å². The van der Waals surface area contributed by atoms with E-state index in [9.17, 15) is 4.79 Å². The van der Waals surface area contributed by atoms with Crippen molar-refractivity contribution in [3.05, 3.63) is 20.8 Å². The Morgan fingerprint density at radius 1 is 1.47 bits per heavy atom. The van der Waals surface area contributed by atoms with Crippen LogP contribution in [0, 0.1) is 5.92 Å². The zero-order valence-corrected chi connectivity index (χ0v) is 11.7. The number of rotatable bonds is 6. The molecule has 0 aliphatic rings. The Bertz CT molecular complexity index is 319. The van der Waals surface area contributed by atoms with Gasteiger partial charge in [-0.1, -0.05) is 26.7 Å². The minimum absolute atomic E-state index is 0.218. The van der Waals surface area contributed by atoms with Gasteiger partial charge in [-0.25, -0.2) is 0 Å². The minimum atomic E-state index is 0.218. The number of carbonyl (C=O) groups is 1. The van der Waals surface area contributed by atoms with Crippen molar-refractivity contribution in [2.45, 2.75) is 39.5 Å². The number of carbonyl (C=O) groups excluding carboxylic acids is 1. The van der Waals surface area contributed by atoms with Crippen molar-refractivity contribution < 1.29 is 4.79 Å². The lowest BCUT2D eigenvalue weighted by Gasteiger charge is -2.11. The highest BCUT2D eigenvalue weighted by Gasteiger charge is 2.18. The first kappa shape index (κ1) is 12.9. The number of thiophene rings is 1. The Morgan fingerprint density at radius 3 is 2.67 bits per heavy atom. The quantitative estimate of drug-likeness (QED) is 0.680. The number of hydrogen-bond acceptors (Lipinski definition) is 2. The summed E-state index contributed by atoms with van der Waals surface area (Å²) in [6, 6.07) is 3.87. The second-order valence-corrected chi connectivity index (χ2v) is 6.18. The number of unbranched alkanes of at least 4 members (excludes halogenated alkanes) is 1. The molecule has 0 aromatic carbocycles. The fraction of sp³-hybridized carbons (Fsp3) is 0.583. The SMILES string of the molecule is CCCCC(CC)C(=O)c1ccc(Br)s1. The van der Waals surface area contributed by atoms with Gasteiger partial charge in [-0.2, -0.15) is 0 Å². The Morgan fingerprint density at radius 2 is 2.20 bits per heavy atom. The van der Waals surface area contributed by atoms with Gasteiger partial charge in [-0.15, -0.1) is 11.3 Å². The van der Waals surface area contributed by atoms with Gasteiger partial charge in [-0.3, -0.25) is 4.79 Å². The third-order valence-electron chi connectivity index (χ3n) is 2.59. The Hall–Kier alpha value is -0.150. The molecule has 1 aromatic rings. The van der Waals surface area contributed by atoms with E-state index >= 15 is 0 Å². The molecule has 1 rings (SSSR count). The number of Topliss-reactive ketones (excluding diaryl/α,β-unsaturated/α-hetero) is 1. The lowest BCUT2D eigenvalue weighted by atomic mass is 9.94. The maximum Gasteiger partial charge on any atom is 0.175 e. The van der Waals surface area contributed by atoms with Crippen LogP contribution in [0.5, 0.6) is 0 Å². The van der Waals surface area contributed by atoms with Gasteiger partial charge >= 0.3 is 0 Å². The summed E-state index contributed by atoms with van der Waals surface area (Å²) >= 11 is 4.93. The highest BCUT2D eigenvalue weighted by Crippen LogP contribution is 2.27. The van der Waals surface area contributed by atoms with Gasteiger partial charge in [0, 0.05) is 5.92 Å². The third kappa shape index (κ3) is 3.72. The number of hydrogen-bond donors (Lipinski definition) is 0. The largest absolute Gasteiger partial charge is 0.293 e. The molecule has 0 aliphatic heterocycles. The van der Waals surface area contributed by atoms with E-state index < -0.39 is 0 Å². The summed E-state index contributed by atoms with van der Waals surface area (Å²) in [5, 5.41) is 0. The summed E-state index contributed by atoms with van der Waals surface area (Å²) in [7, 11) is 0. The first-order valence-corrected chi connectivity index (χ1v) is 7.09. The van der Waals surface area contributed by atoms with E-state index in [1.54, 1.807) is 11.3 Å². The molecular weight excluding hydrogens is 272 g/mol. The van der Waals surface area contributed by atoms with Crippen LogP contribution in [0.1, 0.15) is 49.2 Å². The summed E-state index contributed by atoms with van der Waals surface area (Å²) < 4.78 is 1.04. The molecule has 1 aromatic heterocycles. The summed E-state index contributed by atoms with van der Waals surface area (Å²) in [6.07, 6.45) is 4.30. The maximum atomic E-state index is 12.1. The van der Waals surface area contributed by atoms with Crippen LogP contribution in [-0.2, 0) is 0 Å². The second-order valence-electron chi connectivity index (χ2n) is 3.72. The Balaban J connectivity index is 2.64. The van der Waals surface area contributed by atoms with E-state index in [2.05, 4.69) is 29.8 Å². The normalized spacial score (nSPS) is 12.7. The standard InChI is InChI=1S/C12H17BrOS/c1-3-5-6-9(4-2)12(14)10-7-8-11(13)15-10/h7-9H,3-6H2,1-2H3. The smallest absolute Gasteiger partial charge is 0.175 e. The maximum absolute atomic E-state index is 12.1. The van der Waals surface area contributed by atoms with Crippen molar-refractivity contribution in [3.8, 4) is 0 Å². The third-order valence-corrected chi connectivity index (χ3v) is 4.22. The molecule has 0 amide bonds. The van der Waals surface area contributed by atoms with Crippen molar-refractivity contribution in [2.75, 3.05) is 0 Å². The lowest BCUT2D eigenvalue weighted by Crippen LogP contribution is -2.12. The van der Waals surface area contributed by atoms with Gasteiger partial charge < -0.3 is 0 Å². The van der Waals surface area contributed by atoms with Gasteiger partial charge in [0.25, 0.3) is 0 Å². The predicted octanol–water partition coefficient (Wildman–Crippen LogP) is 4.91. The van der Waals surface area contributed by atoms with E-state index in [0.29, 0.717) is 5.78 Å². The van der Waals surface area contributed by atoms with Crippen molar-refractivity contribution in [2.24, 2.45) is 5.92 Å². The van der Waals surface area contributed by atoms with Crippen molar-refractivity contribution in [3.63, 3.8) is 0 Å². The van der Waals surface area contributed by atoms with Crippen LogP contribution < -0.4 is 0 Å². The fourth-order valence-electron chi connectivity index (χ4n) is 1.62. The Kier molecular flexibility index (Phi) is 5.54. The Labute approximate surface area is 104 Å². The molecule has 1 unspecified atom stereocenters. The molecular formula is C12H17BrOS. The van der Waals surface area contributed by atoms with Crippen molar-refractivity contribution in [1.82, 2.24) is 0 Å². The molecule has 0 fully saturated rings. The van der Waals surface area contributed by atoms with Crippen LogP contribution >= 0.6 is 27.3 Å². The summed E-state index contributed by atoms with van der Waals surface area (Å²) in [4.78, 5) is 13.0. The van der Waals surface area contributed by atoms with Gasteiger partial charge in [0.1, 0.15) is 0 Å². The van der Waals surface area contributed by atoms with E-state index in [1.807, 2.05) is 12.1 Å². The minimum Gasteiger partial charge on any atom is -0.293 e. The highest BCUT2D eigenvalue weighted by molar-refractivity contribution is 9.11. The van der Waals surface area contributed by atoms with E-state index in [0.717, 1.165) is 34.3 Å². The van der Waals surface area contributed by atoms with Crippen molar-refractivity contribution >= 4 is 33.0 Å². The van der Waals surface area contributed by atoms with Crippen LogP contribution in [0.4, 0.5) is 0 Å². The number of ketones is 1. The lowest BCUT2D eigenvalue weighted by molar-refractivity contribution is 0.0912. The topological polar surface area (TPSA) is 17.1 Å². The average molecular weight is 289 g/mol. The average Bonchev–Trinajstić information content (AvgIpc) is 2.65. The molecule has 3 heteroatoms. The number of halogens is 1. The summed E-state index contributed by atoms with van der Waals surface area (Å²) in [6.45, 7) is 4.26. The zero-order chi connectivity index (χ0) is 11.3. The molecule has 0 radical (unpaired) electrons. The van der Waals surface area contributed by atoms with Gasteiger partial charge in [0.15, 0.2) is 5.78 Å². The molecule has 15 heavy (non-hydrogen) atoms. The van der Waals surface area contributed by atoms with Crippen LogP contribution in [0.3, 0.4) is 0 Å². The molecule has 0 aliphatic carbocycles. The first-order valence-electron chi connectivity index (χ1n) is 5.48. The highest BCUT2D eigenvalue weighted by atomic mass is 79.9. The molecule has 0 N–H and O–H groups in total. The monoisotopic (exact) mass is 288 g/mol. The van der Waals surface area contributed by atoms with E-state index in [-0.39, 0.29) is 5.92 Å². The molecule has 1 atom stereocenters. The fourth-order valence-corrected chi connectivity index (χ4v) is 3.02. The molecule has 1 nitrogen and oxygen atoms in total. The summed E-state index contributed by atoms with van der Waals surface area (Å²) in [5.74, 6) is 0.539. The zero-order valence-electron chi connectivity index (χ0n) is 9.25. The molecule has 0 saturated heterocycles. The van der Waals surface area contributed by atoms with Crippen LogP contribution in [0.25, 0.3) is 0 Å². The predicted molar refractivity (Wildman–Crippen MR) is 69.7 cm³/mol. The van der Waals surface area contributed by atoms with Crippen molar-refractivity contribution in [1.29, 1.82) is 0 Å². The van der Waals surface area contributed by atoms with Gasteiger partial charge in [0.05, 0.1) is 8.66 Å². The van der Waals surface area contributed by atoms with E-state index in [1.165, 1.54) is 0 Å². The first-order chi connectivity index (χ1) is 7.19. The second kappa shape index (κ2) is 6.44. The molecule has 0 bridgehead atoms. The van der Waals surface area contributed by atoms with Crippen LogP contribution in [0.15, 0.2) is 15.9 Å².